The second-order valence-corrected chi connectivity index (χ2v) is 7.71. The van der Waals surface area contributed by atoms with E-state index in [0.717, 1.165) is 16.8 Å². The molecule has 0 saturated heterocycles. The van der Waals surface area contributed by atoms with Gasteiger partial charge < -0.3 is 0 Å². The number of benzene rings is 1. The second kappa shape index (κ2) is 11.7. The van der Waals surface area contributed by atoms with Gasteiger partial charge >= 0.3 is 0 Å². The van der Waals surface area contributed by atoms with Crippen LogP contribution in [0.15, 0.2) is 98.5 Å². The molecule has 30 heavy (non-hydrogen) atoms. The van der Waals surface area contributed by atoms with E-state index in [4.69, 9.17) is 0 Å². The highest BCUT2D eigenvalue weighted by Gasteiger charge is 2.03. The Labute approximate surface area is 181 Å². The zero-order valence-electron chi connectivity index (χ0n) is 18.5. The summed E-state index contributed by atoms with van der Waals surface area (Å²) in [7, 11) is 0. The van der Waals surface area contributed by atoms with Gasteiger partial charge in [0, 0.05) is 29.8 Å². The third-order valence-electron chi connectivity index (χ3n) is 4.76. The van der Waals surface area contributed by atoms with Crippen molar-refractivity contribution in [3.63, 3.8) is 0 Å². The van der Waals surface area contributed by atoms with E-state index in [-0.39, 0.29) is 0 Å². The van der Waals surface area contributed by atoms with Crippen LogP contribution in [0.5, 0.6) is 0 Å². The Balaban J connectivity index is 0.000000214. The predicted molar refractivity (Wildman–Crippen MR) is 130 cm³/mol. The van der Waals surface area contributed by atoms with Crippen LogP contribution < -0.4 is 0 Å². The van der Waals surface area contributed by atoms with Crippen molar-refractivity contribution in [3.05, 3.63) is 115 Å². The number of aromatic nitrogens is 2. The molecule has 3 aromatic rings. The van der Waals surface area contributed by atoms with E-state index in [9.17, 15) is 0 Å². The molecule has 0 spiro atoms. The first-order valence-electron chi connectivity index (χ1n) is 10.4. The average molecular weight is 397 g/mol. The van der Waals surface area contributed by atoms with Crippen LogP contribution in [-0.2, 0) is 0 Å². The molecule has 3 rings (SSSR count). The summed E-state index contributed by atoms with van der Waals surface area (Å²) in [4.78, 5) is 8.61. The molecule has 2 aromatic heterocycles. The molecule has 154 valence electrons. The van der Waals surface area contributed by atoms with Crippen molar-refractivity contribution in [2.45, 2.75) is 39.5 Å². The quantitative estimate of drug-likeness (QED) is 0.397. The fourth-order valence-electron chi connectivity index (χ4n) is 2.91. The molecule has 2 nitrogen and oxygen atoms in total. The Morgan fingerprint density at radius 2 is 1.60 bits per heavy atom. The molecule has 0 bridgehead atoms. The summed E-state index contributed by atoms with van der Waals surface area (Å²) < 4.78 is 0. The van der Waals surface area contributed by atoms with Gasteiger partial charge in [0.1, 0.15) is 0 Å². The number of pyridine rings is 2. The van der Waals surface area contributed by atoms with Crippen molar-refractivity contribution in [2.75, 3.05) is 0 Å². The van der Waals surface area contributed by atoms with Crippen LogP contribution in [0.25, 0.3) is 16.7 Å². The average Bonchev–Trinajstić information content (AvgIpc) is 2.78. The van der Waals surface area contributed by atoms with E-state index >= 15 is 0 Å². The normalized spacial score (nSPS) is 11.1. The first-order valence-corrected chi connectivity index (χ1v) is 10.4. The number of hydrogen-bond donors (Lipinski definition) is 0. The maximum Gasteiger partial charge on any atom is 0.0435 e. The van der Waals surface area contributed by atoms with Crippen molar-refractivity contribution < 1.29 is 0 Å². The molecular formula is C28H32N2. The van der Waals surface area contributed by atoms with Crippen molar-refractivity contribution in [1.29, 1.82) is 0 Å². The lowest BCUT2D eigenvalue weighted by Crippen LogP contribution is -1.93. The molecule has 1 aromatic carbocycles. The molecule has 0 unspecified atom stereocenters. The number of hydrogen-bond acceptors (Lipinski definition) is 2. The first-order chi connectivity index (χ1) is 14.5. The molecule has 0 N–H and O–H groups in total. The van der Waals surface area contributed by atoms with E-state index in [1.165, 1.54) is 16.7 Å². The van der Waals surface area contributed by atoms with Gasteiger partial charge in [-0.1, -0.05) is 89.4 Å². The zero-order chi connectivity index (χ0) is 21.9. The summed E-state index contributed by atoms with van der Waals surface area (Å²) in [5.41, 5.74) is 7.04. The van der Waals surface area contributed by atoms with Gasteiger partial charge in [-0.25, -0.2) is 0 Å². The van der Waals surface area contributed by atoms with Gasteiger partial charge in [0.25, 0.3) is 0 Å². The van der Waals surface area contributed by atoms with Gasteiger partial charge in [-0.3, -0.25) is 9.97 Å². The molecule has 0 radical (unpaired) electrons. The minimum absolute atomic E-state index is 0.444. The van der Waals surface area contributed by atoms with Gasteiger partial charge in [0.05, 0.1) is 0 Å². The number of nitrogens with zero attached hydrogens (tertiary/aromatic N) is 2. The SMILES string of the molecule is C=C/C=C(\C=C)c1ccnc(C(C)C)c1.CC(C)c1cncc(-c2ccccc2)c1. The van der Waals surface area contributed by atoms with Crippen molar-refractivity contribution in [1.82, 2.24) is 9.97 Å². The monoisotopic (exact) mass is 396 g/mol. The summed E-state index contributed by atoms with van der Waals surface area (Å²) in [5, 5.41) is 0. The molecular weight excluding hydrogens is 364 g/mol. The Morgan fingerprint density at radius 3 is 2.20 bits per heavy atom. The maximum atomic E-state index is 4.33. The molecule has 2 heterocycles. The van der Waals surface area contributed by atoms with Crippen LogP contribution in [0.2, 0.25) is 0 Å². The van der Waals surface area contributed by atoms with Crippen LogP contribution in [0, 0.1) is 0 Å². The van der Waals surface area contributed by atoms with E-state index in [1.807, 2.05) is 42.9 Å². The Bertz CT molecular complexity index is 982. The molecule has 0 amide bonds. The van der Waals surface area contributed by atoms with Gasteiger partial charge in [-0.15, -0.1) is 0 Å². The fraction of sp³-hybridized carbons (Fsp3) is 0.214. The van der Waals surface area contributed by atoms with Crippen LogP contribution in [0.4, 0.5) is 0 Å². The molecule has 0 fully saturated rings. The summed E-state index contributed by atoms with van der Waals surface area (Å²) in [6, 6.07) is 16.7. The second-order valence-electron chi connectivity index (χ2n) is 7.71. The molecule has 0 atom stereocenters. The first kappa shape index (κ1) is 23.0. The van der Waals surface area contributed by atoms with Crippen LogP contribution in [-0.4, -0.2) is 9.97 Å². The summed E-state index contributed by atoms with van der Waals surface area (Å²) in [6.07, 6.45) is 11.3. The fourth-order valence-corrected chi connectivity index (χ4v) is 2.91. The van der Waals surface area contributed by atoms with Crippen LogP contribution in [0.3, 0.4) is 0 Å². The molecule has 0 aliphatic heterocycles. The minimum Gasteiger partial charge on any atom is -0.264 e. The standard InChI is InChI=1S/C14H15N.C14H17N/c1-11(2)13-8-14(10-15-9-13)12-6-4-3-5-7-12;1-5-7-12(6-2)13-8-9-15-14(10-13)11(3)4/h3-11H,1-2H3;5-11H,1-2H2,3-4H3/b;12-7+. The Morgan fingerprint density at radius 1 is 0.867 bits per heavy atom. The molecule has 0 aliphatic carbocycles. The number of rotatable bonds is 6. The predicted octanol–water partition coefficient (Wildman–Crippen LogP) is 7.83. The third-order valence-corrected chi connectivity index (χ3v) is 4.76. The lowest BCUT2D eigenvalue weighted by atomic mass is 10.0. The van der Waals surface area contributed by atoms with E-state index in [1.54, 1.807) is 6.08 Å². The highest BCUT2D eigenvalue weighted by atomic mass is 14.7. The van der Waals surface area contributed by atoms with Gasteiger partial charge in [-0.05, 0) is 52.3 Å². The molecule has 2 heteroatoms. The third kappa shape index (κ3) is 6.66. The van der Waals surface area contributed by atoms with Crippen LogP contribution in [0.1, 0.15) is 56.4 Å². The van der Waals surface area contributed by atoms with Gasteiger partial charge in [0.15, 0.2) is 0 Å². The van der Waals surface area contributed by atoms with Crippen LogP contribution >= 0.6 is 0 Å². The molecule has 0 saturated carbocycles. The Hall–Kier alpha value is -3.26. The van der Waals surface area contributed by atoms with E-state index < -0.39 is 0 Å². The largest absolute Gasteiger partial charge is 0.264 e. The number of allylic oxidation sites excluding steroid dienone is 4. The Kier molecular flexibility index (Phi) is 8.96. The van der Waals surface area contributed by atoms with Crippen molar-refractivity contribution in [2.24, 2.45) is 0 Å². The maximum absolute atomic E-state index is 4.33. The van der Waals surface area contributed by atoms with Gasteiger partial charge in [0.2, 0.25) is 0 Å². The zero-order valence-corrected chi connectivity index (χ0v) is 18.5. The summed E-state index contributed by atoms with van der Waals surface area (Å²) in [6.45, 7) is 16.1. The lowest BCUT2D eigenvalue weighted by molar-refractivity contribution is 0.822. The molecule has 0 aliphatic rings. The lowest BCUT2D eigenvalue weighted by Gasteiger charge is -2.07. The highest BCUT2D eigenvalue weighted by Crippen LogP contribution is 2.22. The summed E-state index contributed by atoms with van der Waals surface area (Å²) >= 11 is 0. The van der Waals surface area contributed by atoms with E-state index in [2.05, 4.69) is 87.2 Å². The van der Waals surface area contributed by atoms with Gasteiger partial charge in [-0.2, -0.15) is 0 Å². The summed E-state index contributed by atoms with van der Waals surface area (Å²) in [5.74, 6) is 0.973. The van der Waals surface area contributed by atoms with E-state index in [0.29, 0.717) is 11.8 Å². The van der Waals surface area contributed by atoms with Crippen molar-refractivity contribution >= 4 is 5.57 Å². The highest BCUT2D eigenvalue weighted by molar-refractivity contribution is 5.74. The topological polar surface area (TPSA) is 25.8 Å². The van der Waals surface area contributed by atoms with Crippen molar-refractivity contribution in [3.8, 4) is 11.1 Å². The smallest absolute Gasteiger partial charge is 0.0435 e. The minimum atomic E-state index is 0.444.